The van der Waals surface area contributed by atoms with E-state index in [-0.39, 0.29) is 54.6 Å². The van der Waals surface area contributed by atoms with Crippen molar-refractivity contribution in [2.75, 3.05) is 0 Å². The number of nitrogens with one attached hydrogen (secondary N) is 2. The van der Waals surface area contributed by atoms with Gasteiger partial charge in [0.25, 0.3) is 0 Å². The number of imidazole rings is 1. The number of carboxylic acids is 6. The SMILES string of the molecule is CC(C)C(C(=O)O)c1cc2ccccc2[nH]1.CC(C)C(C(=O)O)c1ccc(O)cc1.CC(C)C(C(=O)O)c1cnc[nH]1.CC(C)C(CCC(=O)O)C(=O)O.CC(C)C(CCC(N)=O)C(=O)O. The van der Waals surface area contributed by atoms with Gasteiger partial charge in [-0.3, -0.25) is 33.6 Å². The molecule has 18 nitrogen and oxygen atoms in total. The third-order valence-electron chi connectivity index (χ3n) is 10.4. The van der Waals surface area contributed by atoms with Crippen molar-refractivity contribution >= 4 is 52.6 Å². The summed E-state index contributed by atoms with van der Waals surface area (Å²) in [4.78, 5) is 84.4. The molecule has 2 heterocycles. The van der Waals surface area contributed by atoms with E-state index < -0.39 is 71.3 Å². The number of phenolic OH excluding ortho intramolecular Hbond substituents is 1. The minimum atomic E-state index is -0.943. The van der Waals surface area contributed by atoms with Crippen LogP contribution in [0.5, 0.6) is 5.75 Å². The normalized spacial score (nSPS) is 13.0. The van der Waals surface area contributed by atoms with E-state index in [0.717, 1.165) is 22.2 Å². The van der Waals surface area contributed by atoms with Crippen molar-refractivity contribution in [2.45, 2.75) is 113 Å². The highest BCUT2D eigenvalue weighted by Gasteiger charge is 2.27. The monoisotopic (exact) mass is 926 g/mol. The number of carboxylic acid groups (broad SMARTS) is 6. The van der Waals surface area contributed by atoms with Crippen LogP contribution >= 0.6 is 0 Å². The molecule has 1 amide bonds. The molecule has 66 heavy (non-hydrogen) atoms. The van der Waals surface area contributed by atoms with Crippen LogP contribution in [0.15, 0.2) is 67.1 Å². The molecule has 0 fully saturated rings. The van der Waals surface area contributed by atoms with Crippen molar-refractivity contribution in [1.29, 1.82) is 0 Å². The molecule has 0 aliphatic carbocycles. The lowest BCUT2D eigenvalue weighted by atomic mass is 9.89. The molecule has 5 atom stereocenters. The second-order valence-electron chi connectivity index (χ2n) is 17.4. The Morgan fingerprint density at radius 1 is 0.561 bits per heavy atom. The van der Waals surface area contributed by atoms with Crippen LogP contribution in [0.1, 0.15) is 130 Å². The average molecular weight is 927 g/mol. The lowest BCUT2D eigenvalue weighted by Gasteiger charge is -2.16. The molecule has 0 aliphatic heterocycles. The Hall–Kier alpha value is -6.72. The quantitative estimate of drug-likeness (QED) is 0.0423. The van der Waals surface area contributed by atoms with Crippen molar-refractivity contribution < 1.29 is 69.3 Å². The van der Waals surface area contributed by atoms with Crippen LogP contribution < -0.4 is 5.73 Å². The molecule has 2 aromatic carbocycles. The number of aromatic hydroxyl groups is 1. The fourth-order valence-corrected chi connectivity index (χ4v) is 6.81. The second kappa shape index (κ2) is 29.7. The Balaban J connectivity index is 0.000000805. The highest BCUT2D eigenvalue weighted by molar-refractivity contribution is 5.84. The van der Waals surface area contributed by atoms with Gasteiger partial charge in [0.05, 0.1) is 30.0 Å². The molecular weight excluding hydrogens is 857 g/mol. The third-order valence-corrected chi connectivity index (χ3v) is 10.4. The minimum absolute atomic E-state index is 0.0122. The number of fused-ring (bicyclic) bond motifs is 1. The van der Waals surface area contributed by atoms with Gasteiger partial charge in [-0.25, -0.2) is 4.98 Å². The standard InChI is InChI=1S/C13H15NO2.C11H14O3.C8H12N2O2.C8H15NO3.C8H14O4/c1-8(2)12(13(15)16)11-7-9-5-3-4-6-10(9)14-11;1-7(2)10(11(13)14)8-3-5-9(12)6-4-8;1-5(2)7(8(11)12)6-3-9-4-10-6;2*1-5(2)6(8(11)12)3-4-7(9)10/h3-8,12,14H,1-2H3,(H,15,16);3-7,10,12H,1-2H3,(H,13,14);3-5,7H,1-2H3,(H,9,10)(H,11,12);5-6H,3-4H2,1-2H3,(H2,9,10)(H,11,12);5-6H,3-4H2,1-2H3,(H,9,10)(H,11,12). The number of H-pyrrole nitrogens is 2. The van der Waals surface area contributed by atoms with Crippen molar-refractivity contribution in [3.8, 4) is 5.75 Å². The Bertz CT molecular complexity index is 2040. The number of hydrogen-bond donors (Lipinski definition) is 10. The van der Waals surface area contributed by atoms with Gasteiger partial charge < -0.3 is 51.4 Å². The molecule has 18 heteroatoms. The lowest BCUT2D eigenvalue weighted by molar-refractivity contribution is -0.145. The van der Waals surface area contributed by atoms with Gasteiger partial charge >= 0.3 is 35.8 Å². The number of aliphatic carboxylic acids is 6. The summed E-state index contributed by atoms with van der Waals surface area (Å²) in [7, 11) is 0. The van der Waals surface area contributed by atoms with Gasteiger partial charge in [-0.05, 0) is 77.6 Å². The van der Waals surface area contributed by atoms with E-state index in [0.29, 0.717) is 12.1 Å². The number of para-hydroxylation sites is 1. The van der Waals surface area contributed by atoms with E-state index in [2.05, 4.69) is 15.0 Å². The predicted molar refractivity (Wildman–Crippen MR) is 248 cm³/mol. The first-order valence-corrected chi connectivity index (χ1v) is 21.6. The number of carbonyl (C=O) groups is 7. The van der Waals surface area contributed by atoms with E-state index in [4.69, 9.17) is 36.4 Å². The van der Waals surface area contributed by atoms with Crippen molar-refractivity contribution in [1.82, 2.24) is 15.0 Å². The fourth-order valence-electron chi connectivity index (χ4n) is 6.81. The second-order valence-corrected chi connectivity index (χ2v) is 17.4. The Morgan fingerprint density at radius 2 is 1.00 bits per heavy atom. The highest BCUT2D eigenvalue weighted by Crippen LogP contribution is 2.28. The maximum atomic E-state index is 11.2. The van der Waals surface area contributed by atoms with Gasteiger partial charge in [0.1, 0.15) is 11.7 Å². The van der Waals surface area contributed by atoms with Crippen LogP contribution in [0.4, 0.5) is 0 Å². The van der Waals surface area contributed by atoms with Gasteiger partial charge in [-0.1, -0.05) is 99.6 Å². The van der Waals surface area contributed by atoms with E-state index in [1.54, 1.807) is 32.2 Å². The molecule has 4 rings (SSSR count). The number of hydrogen-bond acceptors (Lipinski definition) is 9. The summed E-state index contributed by atoms with van der Waals surface area (Å²) in [6.45, 7) is 18.5. The van der Waals surface area contributed by atoms with Crippen LogP contribution in [0.3, 0.4) is 0 Å². The number of primary amides is 1. The summed E-state index contributed by atoms with van der Waals surface area (Å²) in [6.07, 6.45) is 3.67. The van der Waals surface area contributed by atoms with Crippen molar-refractivity contribution in [3.63, 3.8) is 0 Å². The van der Waals surface area contributed by atoms with E-state index in [1.165, 1.54) is 18.5 Å². The van der Waals surface area contributed by atoms with Gasteiger partial charge in [0, 0.05) is 35.9 Å². The molecule has 0 aliphatic rings. The average Bonchev–Trinajstić information content (AvgIpc) is 3.86. The topological polar surface area (TPSA) is 332 Å². The maximum absolute atomic E-state index is 11.2. The first kappa shape index (κ1) is 59.3. The van der Waals surface area contributed by atoms with Gasteiger partial charge in [0.2, 0.25) is 5.91 Å². The lowest BCUT2D eigenvalue weighted by Crippen LogP contribution is -2.22. The molecule has 0 saturated carbocycles. The zero-order chi connectivity index (χ0) is 51.0. The molecule has 4 aromatic rings. The van der Waals surface area contributed by atoms with Crippen LogP contribution in [-0.2, 0) is 33.6 Å². The third kappa shape index (κ3) is 21.8. The fraction of sp³-hybridized carbons (Fsp3) is 0.500. The molecule has 0 radical (unpaired) electrons. The Kier molecular flexibility index (Phi) is 26.6. The molecule has 11 N–H and O–H groups in total. The summed E-state index contributed by atoms with van der Waals surface area (Å²) in [5.41, 5.74) is 8.07. The van der Waals surface area contributed by atoms with Gasteiger partial charge in [-0.15, -0.1) is 0 Å². The molecule has 5 unspecified atom stereocenters. The summed E-state index contributed by atoms with van der Waals surface area (Å²) < 4.78 is 0. The largest absolute Gasteiger partial charge is 0.508 e. The van der Waals surface area contributed by atoms with E-state index in [1.807, 2.05) is 85.7 Å². The number of aromatic nitrogens is 3. The van der Waals surface area contributed by atoms with E-state index >= 15 is 0 Å². The zero-order valence-corrected chi connectivity index (χ0v) is 39.5. The van der Waals surface area contributed by atoms with Crippen LogP contribution in [0, 0.1) is 41.4 Å². The smallest absolute Gasteiger partial charge is 0.312 e. The number of benzene rings is 2. The predicted octanol–water partition coefficient (Wildman–Crippen LogP) is 8.26. The first-order chi connectivity index (χ1) is 30.6. The van der Waals surface area contributed by atoms with Crippen LogP contribution in [-0.4, -0.2) is 92.4 Å². The zero-order valence-electron chi connectivity index (χ0n) is 39.5. The number of amides is 1. The van der Waals surface area contributed by atoms with Crippen LogP contribution in [0.25, 0.3) is 10.9 Å². The number of rotatable bonds is 19. The molecule has 366 valence electrons. The summed E-state index contributed by atoms with van der Waals surface area (Å²) >= 11 is 0. The number of phenols is 1. The molecule has 2 aromatic heterocycles. The number of aromatic amines is 2. The van der Waals surface area contributed by atoms with Crippen molar-refractivity contribution in [2.24, 2.45) is 47.2 Å². The highest BCUT2D eigenvalue weighted by atomic mass is 16.4. The van der Waals surface area contributed by atoms with Gasteiger partial charge in [-0.2, -0.15) is 0 Å². The van der Waals surface area contributed by atoms with E-state index in [9.17, 15) is 38.7 Å². The van der Waals surface area contributed by atoms with Crippen LogP contribution in [0.2, 0.25) is 0 Å². The molecule has 0 spiro atoms. The van der Waals surface area contributed by atoms with Gasteiger partial charge in [0.15, 0.2) is 0 Å². The number of nitrogens with zero attached hydrogens (tertiary/aromatic N) is 1. The summed E-state index contributed by atoms with van der Waals surface area (Å²) in [5.74, 6) is -7.65. The Labute approximate surface area is 385 Å². The molecular formula is C48H70N4O14. The van der Waals surface area contributed by atoms with Crippen molar-refractivity contribution in [3.05, 3.63) is 84.1 Å². The Morgan fingerprint density at radius 3 is 1.35 bits per heavy atom. The number of carbonyl (C=O) groups excluding carboxylic acids is 1. The molecule has 0 saturated heterocycles. The molecule has 0 bridgehead atoms. The summed E-state index contributed by atoms with van der Waals surface area (Å²) in [5, 5.41) is 62.9. The maximum Gasteiger partial charge on any atom is 0.312 e. The summed E-state index contributed by atoms with van der Waals surface area (Å²) in [6, 6.07) is 16.1. The number of nitrogens with two attached hydrogens (primary N) is 1. The first-order valence-electron chi connectivity index (χ1n) is 21.6. The minimum Gasteiger partial charge on any atom is -0.508 e.